The lowest BCUT2D eigenvalue weighted by Crippen LogP contribution is -2.31. The molecular formula is C7H17NO5S2. The fraction of sp³-hybridized carbons (Fsp3) is 1.00. The first-order valence-corrected chi connectivity index (χ1v) is 8.17. The Kier molecular flexibility index (Phi) is 5.71. The average Bonchev–Trinajstić information content (AvgIpc) is 1.99. The van der Waals surface area contributed by atoms with Gasteiger partial charge in [0.2, 0.25) is 10.0 Å². The van der Waals surface area contributed by atoms with Crippen LogP contribution in [0.3, 0.4) is 0 Å². The van der Waals surface area contributed by atoms with Crippen LogP contribution in [-0.2, 0) is 19.9 Å². The third-order valence-corrected chi connectivity index (χ3v) is 4.20. The van der Waals surface area contributed by atoms with Crippen LogP contribution in [0, 0.1) is 0 Å². The van der Waals surface area contributed by atoms with Crippen molar-refractivity contribution >= 4 is 19.9 Å². The zero-order chi connectivity index (χ0) is 12.1. The standard InChI is InChI=1S/C7H17NO5S2/c1-7(9)3-4-8-15(12,13)6-5-14(2,10)11/h7-9H,3-6H2,1-2H3. The fourth-order valence-corrected chi connectivity index (χ4v) is 3.42. The number of hydrogen-bond acceptors (Lipinski definition) is 5. The number of hydrogen-bond donors (Lipinski definition) is 2. The van der Waals surface area contributed by atoms with Crippen molar-refractivity contribution in [2.75, 3.05) is 24.3 Å². The van der Waals surface area contributed by atoms with E-state index in [1.54, 1.807) is 6.92 Å². The number of sulfone groups is 1. The SMILES string of the molecule is CC(O)CCNS(=O)(=O)CCS(C)(=O)=O. The Morgan fingerprint density at radius 1 is 1.20 bits per heavy atom. The summed E-state index contributed by atoms with van der Waals surface area (Å²) in [5.74, 6) is -0.831. The van der Waals surface area contributed by atoms with Gasteiger partial charge in [0.25, 0.3) is 0 Å². The fourth-order valence-electron chi connectivity index (χ4n) is 0.757. The number of aliphatic hydroxyl groups is 1. The summed E-state index contributed by atoms with van der Waals surface area (Å²) in [7, 11) is -6.82. The van der Waals surface area contributed by atoms with Gasteiger partial charge in [0.05, 0.1) is 17.6 Å². The van der Waals surface area contributed by atoms with Crippen LogP contribution >= 0.6 is 0 Å². The molecule has 15 heavy (non-hydrogen) atoms. The summed E-state index contributed by atoms with van der Waals surface area (Å²) in [5.41, 5.74) is 0. The van der Waals surface area contributed by atoms with E-state index < -0.39 is 37.5 Å². The molecule has 0 aromatic rings. The second-order valence-electron chi connectivity index (χ2n) is 3.48. The first-order chi connectivity index (χ1) is 6.62. The zero-order valence-corrected chi connectivity index (χ0v) is 10.4. The number of nitrogens with one attached hydrogen (secondary N) is 1. The topological polar surface area (TPSA) is 101 Å². The van der Waals surface area contributed by atoms with Crippen molar-refractivity contribution in [3.8, 4) is 0 Å². The Balaban J connectivity index is 3.99. The highest BCUT2D eigenvalue weighted by Gasteiger charge is 2.13. The Hall–Kier alpha value is -0.180. The maximum atomic E-state index is 11.2. The van der Waals surface area contributed by atoms with Gasteiger partial charge in [-0.15, -0.1) is 0 Å². The van der Waals surface area contributed by atoms with Gasteiger partial charge in [0.1, 0.15) is 9.84 Å². The molecule has 0 aromatic heterocycles. The Labute approximate surface area is 90.7 Å². The average molecular weight is 259 g/mol. The predicted molar refractivity (Wildman–Crippen MR) is 57.8 cm³/mol. The number of rotatable bonds is 7. The quantitative estimate of drug-likeness (QED) is 0.593. The molecule has 2 N–H and O–H groups in total. The van der Waals surface area contributed by atoms with Gasteiger partial charge < -0.3 is 5.11 Å². The molecular weight excluding hydrogens is 242 g/mol. The zero-order valence-electron chi connectivity index (χ0n) is 8.80. The van der Waals surface area contributed by atoms with Crippen molar-refractivity contribution < 1.29 is 21.9 Å². The number of sulfonamides is 1. The van der Waals surface area contributed by atoms with E-state index in [-0.39, 0.29) is 6.54 Å². The van der Waals surface area contributed by atoms with E-state index in [1.165, 1.54) is 0 Å². The molecule has 0 fully saturated rings. The van der Waals surface area contributed by atoms with Gasteiger partial charge in [0, 0.05) is 12.8 Å². The first kappa shape index (κ1) is 14.8. The minimum absolute atomic E-state index is 0.115. The molecule has 0 aliphatic carbocycles. The number of aliphatic hydroxyl groups excluding tert-OH is 1. The van der Waals surface area contributed by atoms with Gasteiger partial charge in [-0.2, -0.15) is 0 Å². The summed E-state index contributed by atoms with van der Waals surface area (Å²) in [4.78, 5) is 0. The van der Waals surface area contributed by atoms with E-state index in [2.05, 4.69) is 4.72 Å². The molecule has 1 atom stereocenters. The van der Waals surface area contributed by atoms with E-state index in [9.17, 15) is 16.8 Å². The summed E-state index contributed by atoms with van der Waals surface area (Å²) in [5, 5.41) is 8.88. The molecule has 0 aliphatic rings. The lowest BCUT2D eigenvalue weighted by Gasteiger charge is -2.07. The minimum Gasteiger partial charge on any atom is -0.393 e. The largest absolute Gasteiger partial charge is 0.393 e. The molecule has 0 spiro atoms. The van der Waals surface area contributed by atoms with Crippen molar-refractivity contribution in [3.63, 3.8) is 0 Å². The highest BCUT2D eigenvalue weighted by molar-refractivity contribution is 7.93. The molecule has 0 saturated heterocycles. The van der Waals surface area contributed by atoms with Crippen molar-refractivity contribution in [2.24, 2.45) is 0 Å². The summed E-state index contributed by atoms with van der Waals surface area (Å²) >= 11 is 0. The van der Waals surface area contributed by atoms with Crippen LogP contribution in [0.1, 0.15) is 13.3 Å². The molecule has 1 unspecified atom stereocenters. The van der Waals surface area contributed by atoms with Crippen LogP contribution in [0.25, 0.3) is 0 Å². The van der Waals surface area contributed by atoms with Gasteiger partial charge >= 0.3 is 0 Å². The van der Waals surface area contributed by atoms with Crippen LogP contribution in [0.4, 0.5) is 0 Å². The van der Waals surface area contributed by atoms with Crippen LogP contribution in [-0.4, -0.2) is 52.4 Å². The van der Waals surface area contributed by atoms with E-state index in [0.29, 0.717) is 6.42 Å². The third kappa shape index (κ3) is 10.1. The second kappa shape index (κ2) is 5.78. The normalized spacial score (nSPS) is 15.1. The van der Waals surface area contributed by atoms with E-state index in [4.69, 9.17) is 5.11 Å². The highest BCUT2D eigenvalue weighted by atomic mass is 32.2. The van der Waals surface area contributed by atoms with Crippen molar-refractivity contribution in [3.05, 3.63) is 0 Å². The lowest BCUT2D eigenvalue weighted by molar-refractivity contribution is 0.186. The van der Waals surface area contributed by atoms with Gasteiger partial charge in [0.15, 0.2) is 0 Å². The molecule has 92 valence electrons. The third-order valence-electron chi connectivity index (χ3n) is 1.61. The van der Waals surface area contributed by atoms with Crippen LogP contribution in [0.5, 0.6) is 0 Å². The van der Waals surface area contributed by atoms with Crippen molar-refractivity contribution in [2.45, 2.75) is 19.4 Å². The maximum absolute atomic E-state index is 11.2. The highest BCUT2D eigenvalue weighted by Crippen LogP contribution is 1.92. The molecule has 0 radical (unpaired) electrons. The maximum Gasteiger partial charge on any atom is 0.212 e. The summed E-state index contributed by atoms with van der Waals surface area (Å²) < 4.78 is 46.1. The lowest BCUT2D eigenvalue weighted by atomic mass is 10.3. The van der Waals surface area contributed by atoms with Crippen LogP contribution in [0.2, 0.25) is 0 Å². The predicted octanol–water partition coefficient (Wildman–Crippen LogP) is -1.28. The van der Waals surface area contributed by atoms with Crippen LogP contribution in [0.15, 0.2) is 0 Å². The molecule has 0 aromatic carbocycles. The molecule has 0 heterocycles. The smallest absolute Gasteiger partial charge is 0.212 e. The van der Waals surface area contributed by atoms with Gasteiger partial charge in [-0.1, -0.05) is 0 Å². The molecule has 8 heteroatoms. The van der Waals surface area contributed by atoms with Gasteiger partial charge in [-0.05, 0) is 13.3 Å². The summed E-state index contributed by atoms with van der Waals surface area (Å²) in [6.07, 6.45) is 0.707. The molecule has 0 saturated carbocycles. The Morgan fingerprint density at radius 3 is 2.13 bits per heavy atom. The second-order valence-corrected chi connectivity index (χ2v) is 7.67. The molecule has 0 bridgehead atoms. The molecule has 6 nitrogen and oxygen atoms in total. The molecule has 0 rings (SSSR count). The summed E-state index contributed by atoms with van der Waals surface area (Å²) in [6.45, 7) is 1.66. The Morgan fingerprint density at radius 2 is 1.73 bits per heavy atom. The van der Waals surface area contributed by atoms with E-state index >= 15 is 0 Å². The molecule has 0 aliphatic heterocycles. The van der Waals surface area contributed by atoms with E-state index in [0.717, 1.165) is 6.26 Å². The van der Waals surface area contributed by atoms with Gasteiger partial charge in [-0.25, -0.2) is 21.6 Å². The molecule has 0 amide bonds. The monoisotopic (exact) mass is 259 g/mol. The van der Waals surface area contributed by atoms with Crippen molar-refractivity contribution in [1.29, 1.82) is 0 Å². The minimum atomic E-state index is -3.55. The van der Waals surface area contributed by atoms with Crippen molar-refractivity contribution in [1.82, 2.24) is 4.72 Å². The van der Waals surface area contributed by atoms with Gasteiger partial charge in [-0.3, -0.25) is 0 Å². The summed E-state index contributed by atoms with van der Waals surface area (Å²) in [6, 6.07) is 0. The Bertz CT molecular complexity index is 370. The first-order valence-electron chi connectivity index (χ1n) is 4.45. The van der Waals surface area contributed by atoms with Crippen LogP contribution < -0.4 is 4.72 Å². The van der Waals surface area contributed by atoms with E-state index in [1.807, 2.05) is 0 Å².